The number of allylic oxidation sites excluding steroid dienone is 1. The van der Waals surface area contributed by atoms with E-state index in [1.165, 1.54) is 0 Å². The van der Waals surface area contributed by atoms with Gasteiger partial charge < -0.3 is 5.73 Å². The highest BCUT2D eigenvalue weighted by Gasteiger charge is 2.05. The topological polar surface area (TPSA) is 55.5 Å². The lowest BCUT2D eigenvalue weighted by Gasteiger charge is -2.01. The molecule has 3 nitrogen and oxygen atoms in total. The molecular formula is C11H10N2O. The number of amides is 1. The molecule has 14 heavy (non-hydrogen) atoms. The number of primary amides is 1. The molecule has 0 fully saturated rings. The average molecular weight is 186 g/mol. The van der Waals surface area contributed by atoms with Crippen LogP contribution in [0.4, 0.5) is 5.69 Å². The van der Waals surface area contributed by atoms with Gasteiger partial charge in [-0.1, -0.05) is 12.2 Å². The first-order valence-electron chi connectivity index (χ1n) is 4.40. The van der Waals surface area contributed by atoms with Gasteiger partial charge >= 0.3 is 0 Å². The van der Waals surface area contributed by atoms with Gasteiger partial charge in [0, 0.05) is 23.8 Å². The van der Waals surface area contributed by atoms with E-state index in [4.69, 9.17) is 5.73 Å². The molecule has 0 unspecified atom stereocenters. The summed E-state index contributed by atoms with van der Waals surface area (Å²) in [7, 11) is 0. The Labute approximate surface area is 82.0 Å². The Balaban J connectivity index is 2.53. The molecule has 1 aromatic carbocycles. The van der Waals surface area contributed by atoms with Crippen LogP contribution in [0.15, 0.2) is 29.3 Å². The zero-order chi connectivity index (χ0) is 9.97. The first-order chi connectivity index (χ1) is 6.77. The quantitative estimate of drug-likeness (QED) is 0.715. The monoisotopic (exact) mass is 186 g/mol. The number of carbonyl (C=O) groups is 1. The van der Waals surface area contributed by atoms with E-state index in [-0.39, 0.29) is 0 Å². The first kappa shape index (κ1) is 8.69. The summed E-state index contributed by atoms with van der Waals surface area (Å²) in [4.78, 5) is 15.2. The molecule has 0 aromatic heterocycles. The highest BCUT2D eigenvalue weighted by molar-refractivity contribution is 5.94. The van der Waals surface area contributed by atoms with Crippen molar-refractivity contribution in [2.75, 3.05) is 0 Å². The lowest BCUT2D eigenvalue weighted by molar-refractivity contribution is 0.100. The largest absolute Gasteiger partial charge is 0.366 e. The third-order valence-corrected chi connectivity index (χ3v) is 2.08. The summed E-state index contributed by atoms with van der Waals surface area (Å²) in [5, 5.41) is 0. The van der Waals surface area contributed by atoms with E-state index in [0.717, 1.165) is 17.7 Å². The Bertz CT molecular complexity index is 433. The van der Waals surface area contributed by atoms with Crippen LogP contribution in [0.3, 0.4) is 0 Å². The average Bonchev–Trinajstić information content (AvgIpc) is 2.41. The molecule has 0 aliphatic carbocycles. The van der Waals surface area contributed by atoms with Crippen LogP contribution in [0.2, 0.25) is 0 Å². The lowest BCUT2D eigenvalue weighted by Crippen LogP contribution is -2.10. The number of nitrogens with zero attached hydrogens (tertiary/aromatic N) is 1. The van der Waals surface area contributed by atoms with E-state index in [1.807, 2.05) is 24.4 Å². The van der Waals surface area contributed by atoms with Gasteiger partial charge in [-0.15, -0.1) is 0 Å². The van der Waals surface area contributed by atoms with E-state index in [2.05, 4.69) is 4.99 Å². The summed E-state index contributed by atoms with van der Waals surface area (Å²) in [6.07, 6.45) is 6.61. The third kappa shape index (κ3) is 1.57. The minimum Gasteiger partial charge on any atom is -0.366 e. The van der Waals surface area contributed by atoms with Gasteiger partial charge in [0.25, 0.3) is 0 Å². The number of benzene rings is 1. The summed E-state index contributed by atoms with van der Waals surface area (Å²) in [5.41, 5.74) is 7.52. The molecule has 2 rings (SSSR count). The van der Waals surface area contributed by atoms with E-state index >= 15 is 0 Å². The van der Waals surface area contributed by atoms with Crippen LogP contribution in [-0.2, 0) is 0 Å². The fraction of sp³-hybridized carbons (Fsp3) is 0.0909. The van der Waals surface area contributed by atoms with Crippen LogP contribution in [0.5, 0.6) is 0 Å². The van der Waals surface area contributed by atoms with E-state index in [9.17, 15) is 4.79 Å². The fourth-order valence-electron chi connectivity index (χ4n) is 1.37. The third-order valence-electron chi connectivity index (χ3n) is 2.08. The van der Waals surface area contributed by atoms with E-state index in [1.54, 1.807) is 12.1 Å². The fourth-order valence-corrected chi connectivity index (χ4v) is 1.37. The summed E-state index contributed by atoms with van der Waals surface area (Å²) in [6.45, 7) is 0. The number of fused-ring (bicyclic) bond motifs is 1. The summed E-state index contributed by atoms with van der Waals surface area (Å²) < 4.78 is 0. The van der Waals surface area contributed by atoms with Crippen molar-refractivity contribution in [3.8, 4) is 0 Å². The minimum atomic E-state index is -0.408. The summed E-state index contributed by atoms with van der Waals surface area (Å²) >= 11 is 0. The molecule has 1 amide bonds. The Morgan fingerprint density at radius 3 is 3.07 bits per heavy atom. The molecule has 1 aromatic rings. The molecule has 0 saturated heterocycles. The van der Waals surface area contributed by atoms with Gasteiger partial charge in [0.05, 0.1) is 5.69 Å². The van der Waals surface area contributed by atoms with E-state index < -0.39 is 5.91 Å². The maximum atomic E-state index is 10.9. The predicted octanol–water partition coefficient (Wildman–Crippen LogP) is 1.90. The standard InChI is InChI=1S/C11H10N2O/c12-11(14)9-4-5-10-8(7-9)3-1-2-6-13-10/h1,3-7H,2H2,(H2,12,14). The molecule has 2 N–H and O–H groups in total. The van der Waals surface area contributed by atoms with Gasteiger partial charge in [0.2, 0.25) is 5.91 Å². The van der Waals surface area contributed by atoms with Crippen molar-refractivity contribution < 1.29 is 4.79 Å². The molecule has 3 heteroatoms. The van der Waals surface area contributed by atoms with Crippen LogP contribution in [0.1, 0.15) is 22.3 Å². The molecule has 70 valence electrons. The van der Waals surface area contributed by atoms with Crippen LogP contribution in [0, 0.1) is 0 Å². The number of aliphatic imine (C=N–C) groups is 1. The molecule has 0 saturated carbocycles. The summed E-state index contributed by atoms with van der Waals surface area (Å²) in [5.74, 6) is -0.408. The van der Waals surface area contributed by atoms with Crippen LogP contribution in [-0.4, -0.2) is 12.1 Å². The molecule has 0 atom stereocenters. The summed E-state index contributed by atoms with van der Waals surface area (Å²) in [6, 6.07) is 5.26. The normalized spacial score (nSPS) is 13.4. The molecule has 0 bridgehead atoms. The first-order valence-corrected chi connectivity index (χ1v) is 4.40. The maximum Gasteiger partial charge on any atom is 0.248 e. The molecule has 1 aliphatic rings. The lowest BCUT2D eigenvalue weighted by atomic mass is 10.1. The number of carbonyl (C=O) groups excluding carboxylic acids is 1. The van der Waals surface area contributed by atoms with Crippen LogP contribution in [0.25, 0.3) is 6.08 Å². The highest BCUT2D eigenvalue weighted by Crippen LogP contribution is 2.23. The van der Waals surface area contributed by atoms with Crippen molar-refractivity contribution in [3.05, 3.63) is 35.4 Å². The molecular weight excluding hydrogens is 176 g/mol. The zero-order valence-corrected chi connectivity index (χ0v) is 7.60. The van der Waals surface area contributed by atoms with Crippen LogP contribution >= 0.6 is 0 Å². The van der Waals surface area contributed by atoms with Crippen LogP contribution < -0.4 is 5.73 Å². The van der Waals surface area contributed by atoms with Gasteiger partial charge in [-0.2, -0.15) is 0 Å². The van der Waals surface area contributed by atoms with Gasteiger partial charge in [-0.05, 0) is 18.2 Å². The smallest absolute Gasteiger partial charge is 0.248 e. The second-order valence-electron chi connectivity index (χ2n) is 3.09. The zero-order valence-electron chi connectivity index (χ0n) is 7.60. The highest BCUT2D eigenvalue weighted by atomic mass is 16.1. The van der Waals surface area contributed by atoms with Crippen molar-refractivity contribution in [2.45, 2.75) is 6.42 Å². The van der Waals surface area contributed by atoms with Crippen molar-refractivity contribution in [1.29, 1.82) is 0 Å². The predicted molar refractivity (Wildman–Crippen MR) is 56.8 cm³/mol. The van der Waals surface area contributed by atoms with E-state index in [0.29, 0.717) is 5.56 Å². The number of hydrogen-bond donors (Lipinski definition) is 1. The Kier molecular flexibility index (Phi) is 2.14. The molecule has 1 heterocycles. The Morgan fingerprint density at radius 1 is 1.43 bits per heavy atom. The Hall–Kier alpha value is -1.90. The van der Waals surface area contributed by atoms with Gasteiger partial charge in [0.1, 0.15) is 0 Å². The van der Waals surface area contributed by atoms with Crippen molar-refractivity contribution in [1.82, 2.24) is 0 Å². The molecule has 0 radical (unpaired) electrons. The molecule has 1 aliphatic heterocycles. The Morgan fingerprint density at radius 2 is 2.29 bits per heavy atom. The van der Waals surface area contributed by atoms with Crippen molar-refractivity contribution >= 4 is 23.9 Å². The SMILES string of the molecule is NC(=O)c1ccc2c(c1)C=CCC=N2. The second-order valence-corrected chi connectivity index (χ2v) is 3.09. The number of nitrogens with two attached hydrogens (primary N) is 1. The molecule has 0 spiro atoms. The van der Waals surface area contributed by atoms with Gasteiger partial charge in [-0.25, -0.2) is 0 Å². The second kappa shape index (κ2) is 3.46. The van der Waals surface area contributed by atoms with Gasteiger partial charge in [-0.3, -0.25) is 9.79 Å². The maximum absolute atomic E-state index is 10.9. The van der Waals surface area contributed by atoms with Crippen molar-refractivity contribution in [3.63, 3.8) is 0 Å². The number of rotatable bonds is 1. The van der Waals surface area contributed by atoms with Gasteiger partial charge in [0.15, 0.2) is 0 Å². The number of hydrogen-bond acceptors (Lipinski definition) is 2. The minimum absolute atomic E-state index is 0.408. The van der Waals surface area contributed by atoms with Crippen molar-refractivity contribution in [2.24, 2.45) is 10.7 Å².